The van der Waals surface area contributed by atoms with Gasteiger partial charge < -0.3 is 0 Å². The predicted octanol–water partition coefficient (Wildman–Crippen LogP) is 5.01. The molecule has 8 heteroatoms. The molecule has 0 amide bonds. The van der Waals surface area contributed by atoms with Crippen molar-refractivity contribution in [1.29, 1.82) is 10.8 Å². The van der Waals surface area contributed by atoms with E-state index in [1.807, 2.05) is 0 Å². The zero-order valence-corrected chi connectivity index (χ0v) is 35.3. The number of hydrogen-bond donors (Lipinski definition) is 0. The average Bonchev–Trinajstić information content (AvgIpc) is 2.91. The molecule has 0 unspecified atom stereocenters. The Kier molecular flexibility index (Phi) is 21.0. The summed E-state index contributed by atoms with van der Waals surface area (Å²) in [5.41, 5.74) is 8.51. The first-order valence-electron chi connectivity index (χ1n) is 15.7. The Morgan fingerprint density at radius 2 is 0.591 bits per heavy atom. The van der Waals surface area contributed by atoms with Gasteiger partial charge in [-0.25, -0.2) is 16.4 Å². The molecule has 0 spiro atoms. The first kappa shape index (κ1) is 44.0. The second kappa shape index (κ2) is 21.0. The maximum absolute atomic E-state index is 6.00. The van der Waals surface area contributed by atoms with Crippen LogP contribution >= 0.6 is 23.8 Å². The second-order valence-electron chi connectivity index (χ2n) is 12.9. The molecule has 3 aromatic carbocycles. The van der Waals surface area contributed by atoms with E-state index in [0.29, 0.717) is 34.0 Å². The van der Waals surface area contributed by atoms with Crippen molar-refractivity contribution >= 4 is 62.8 Å². The van der Waals surface area contributed by atoms with Crippen LogP contribution in [0.5, 0.6) is 0 Å². The van der Waals surface area contributed by atoms with Gasteiger partial charge in [-0.05, 0) is 40.7 Å². The van der Waals surface area contributed by atoms with Gasteiger partial charge in [0.15, 0.2) is 0 Å². The van der Waals surface area contributed by atoms with Crippen LogP contribution in [0, 0.1) is 10.8 Å². The molecule has 0 aliphatic rings. The summed E-state index contributed by atoms with van der Waals surface area (Å²) < 4.78 is 0. The van der Waals surface area contributed by atoms with E-state index in [9.17, 15) is 0 Å². The van der Waals surface area contributed by atoms with E-state index in [2.05, 4.69) is 156 Å². The monoisotopic (exact) mass is 697 g/mol. The van der Waals surface area contributed by atoms with Crippen LogP contribution in [0.3, 0.4) is 0 Å². The van der Waals surface area contributed by atoms with Crippen LogP contribution in [0.1, 0.15) is 83.1 Å². The quantitative estimate of drug-likeness (QED) is 0.152. The molecule has 2 nitrogen and oxygen atoms in total. The number of hydrogen-bond acceptors (Lipinski definition) is 2. The minimum Gasteiger partial charge on any atom is -0.226 e. The van der Waals surface area contributed by atoms with Crippen molar-refractivity contribution < 1.29 is 46.6 Å². The molecule has 235 valence electrons. The Bertz CT molecular complexity index is 1110. The minimum absolute atomic E-state index is 0. The zero-order chi connectivity index (χ0) is 31.7. The van der Waals surface area contributed by atoms with Gasteiger partial charge in [-0.2, -0.15) is 0 Å². The second-order valence-corrected chi connectivity index (χ2v) is 23.0. The van der Waals surface area contributed by atoms with Gasteiger partial charge in [0, 0.05) is 27.9 Å². The molecule has 0 aromatic heterocycles. The van der Waals surface area contributed by atoms with E-state index in [0.717, 1.165) is 0 Å². The average molecular weight is 697 g/mol. The number of nitrogens with zero attached hydrogens (tertiary/aromatic N) is 2. The van der Waals surface area contributed by atoms with Gasteiger partial charge in [-0.3, -0.25) is 0 Å². The van der Waals surface area contributed by atoms with Crippen LogP contribution in [0.25, 0.3) is 0 Å². The fourth-order valence-electron chi connectivity index (χ4n) is 6.86. The molecule has 0 heterocycles. The Balaban J connectivity index is 0.00000453. The third-order valence-corrected chi connectivity index (χ3v) is 17.5. The normalized spacial score (nSPS) is 11.6. The fourth-order valence-corrected chi connectivity index (χ4v) is 16.1. The molecule has 0 saturated carbocycles. The largest absolute Gasteiger partial charge is 1.00 e. The summed E-state index contributed by atoms with van der Waals surface area (Å²) in [7, 11) is -0.891. The molecular weight excluding hydrogens is 643 g/mol. The van der Waals surface area contributed by atoms with Crippen molar-refractivity contribution in [2.75, 3.05) is 0 Å². The summed E-state index contributed by atoms with van der Waals surface area (Å²) in [6.07, 6.45) is 0. The van der Waals surface area contributed by atoms with Gasteiger partial charge in [0.1, 0.15) is 0 Å². The molecule has 0 fully saturated rings. The van der Waals surface area contributed by atoms with E-state index in [1.54, 1.807) is 32.3 Å². The third-order valence-electron chi connectivity index (χ3n) is 7.92. The van der Waals surface area contributed by atoms with Crippen LogP contribution < -0.4 is 61.9 Å². The Hall–Kier alpha value is -0.0456. The summed E-state index contributed by atoms with van der Waals surface area (Å²) in [4.78, 5) is 0. The molecular formula is C36H54BFeN2NaP3. The van der Waals surface area contributed by atoms with E-state index in [-0.39, 0.29) is 77.1 Å². The predicted molar refractivity (Wildman–Crippen MR) is 198 cm³/mol. The van der Waals surface area contributed by atoms with Crippen LogP contribution in [0.2, 0.25) is 0 Å². The van der Waals surface area contributed by atoms with E-state index >= 15 is 0 Å². The fraction of sp³-hybridized carbons (Fsp3) is 0.500. The van der Waals surface area contributed by atoms with Gasteiger partial charge in [0.25, 0.3) is 0 Å². The minimum atomic E-state index is -0.297. The molecule has 0 aliphatic heterocycles. The molecule has 0 atom stereocenters. The maximum Gasteiger partial charge on any atom is 1.00 e. The van der Waals surface area contributed by atoms with Gasteiger partial charge >= 0.3 is 29.6 Å². The van der Waals surface area contributed by atoms with Gasteiger partial charge in [-0.15, -0.1) is 0 Å². The third kappa shape index (κ3) is 10.7. The molecule has 44 heavy (non-hydrogen) atoms. The van der Waals surface area contributed by atoms with Crippen LogP contribution in [0.4, 0.5) is 0 Å². The number of rotatable bonds is 12. The standard InChI is InChI=1S/C36H54BP3.Fe.N2.Na/c1-25(2)38(26(3)4)34-22-16-13-19-31(34)37(32-20-14-17-23-35(32)39(27(5)6)28(7)8)33-21-15-18-24-36(33)40(29(9)10)30(11)12;;1-2;/h13-30H,1-12H3;;;/q-1;;;+1. The van der Waals surface area contributed by atoms with Crippen molar-refractivity contribution in [3.8, 4) is 0 Å². The summed E-state index contributed by atoms with van der Waals surface area (Å²) >= 11 is 0. The zero-order valence-electron chi connectivity index (χ0n) is 29.6. The van der Waals surface area contributed by atoms with Crippen molar-refractivity contribution in [3.05, 3.63) is 72.8 Å². The van der Waals surface area contributed by atoms with Crippen molar-refractivity contribution in [1.82, 2.24) is 0 Å². The molecule has 3 rings (SSSR count). The van der Waals surface area contributed by atoms with E-state index < -0.39 is 0 Å². The maximum atomic E-state index is 6.00. The molecule has 0 bridgehead atoms. The van der Waals surface area contributed by atoms with E-state index in [4.69, 9.17) is 10.8 Å². The smallest absolute Gasteiger partial charge is 0.226 e. The Labute approximate surface area is 307 Å². The van der Waals surface area contributed by atoms with Gasteiger partial charge in [-0.1, -0.05) is 196 Å². The molecule has 1 radical (unpaired) electrons. The first-order valence-corrected chi connectivity index (χ1v) is 20.1. The van der Waals surface area contributed by atoms with Gasteiger partial charge in [0.2, 0.25) is 0 Å². The van der Waals surface area contributed by atoms with Crippen LogP contribution in [-0.4, -0.2) is 40.7 Å². The summed E-state index contributed by atoms with van der Waals surface area (Å²) in [6.45, 7) is 29.5. The molecule has 0 N–H and O–H groups in total. The molecule has 0 saturated heterocycles. The SMILES string of the molecule is CC(C)P(c1ccccc1[B-](c1ccccc1P(C(C)C)C(C)C)c1ccccc1P(C(C)C)C(C)C)C(C)C.N#N.[Fe].[Na+]. The van der Waals surface area contributed by atoms with Crippen molar-refractivity contribution in [2.24, 2.45) is 0 Å². The number of benzene rings is 3. The van der Waals surface area contributed by atoms with Crippen molar-refractivity contribution in [2.45, 2.75) is 117 Å². The summed E-state index contributed by atoms with van der Waals surface area (Å²) in [6, 6.07) is 28.6. The van der Waals surface area contributed by atoms with Crippen LogP contribution in [-0.2, 0) is 17.1 Å². The van der Waals surface area contributed by atoms with Crippen LogP contribution in [0.15, 0.2) is 72.8 Å². The van der Waals surface area contributed by atoms with Crippen molar-refractivity contribution in [3.63, 3.8) is 0 Å². The Morgan fingerprint density at radius 1 is 0.409 bits per heavy atom. The molecule has 0 aliphatic carbocycles. The summed E-state index contributed by atoms with van der Waals surface area (Å²) in [5.74, 6) is 0. The summed E-state index contributed by atoms with van der Waals surface area (Å²) in [5, 5.41) is 16.8. The molecule has 3 aromatic rings. The first-order chi connectivity index (χ1) is 19.9. The Morgan fingerprint density at radius 3 is 0.773 bits per heavy atom. The van der Waals surface area contributed by atoms with E-state index in [1.165, 1.54) is 0 Å². The topological polar surface area (TPSA) is 47.6 Å². The van der Waals surface area contributed by atoms with Gasteiger partial charge in [0.05, 0.1) is 0 Å².